The second kappa shape index (κ2) is 2.90. The van der Waals surface area contributed by atoms with Crippen molar-refractivity contribution < 1.29 is 10.2 Å². The molecule has 6 bridgehead atoms. The van der Waals surface area contributed by atoms with Crippen LogP contribution >= 0.6 is 15.9 Å². The van der Waals surface area contributed by atoms with Gasteiger partial charge in [0.15, 0.2) is 0 Å². The second-order valence-electron chi connectivity index (χ2n) is 7.73. The van der Waals surface area contributed by atoms with E-state index < -0.39 is 11.2 Å². The van der Waals surface area contributed by atoms with E-state index in [1.807, 2.05) is 18.2 Å². The van der Waals surface area contributed by atoms with Gasteiger partial charge in [0.05, 0.1) is 11.2 Å². The minimum absolute atomic E-state index is 0.0468. The number of alkyl halides is 1. The topological polar surface area (TPSA) is 40.5 Å². The van der Waals surface area contributed by atoms with Crippen LogP contribution in [0.2, 0.25) is 0 Å². The Labute approximate surface area is 126 Å². The van der Waals surface area contributed by atoms with Crippen LogP contribution in [-0.4, -0.2) is 20.6 Å². The third-order valence-electron chi connectivity index (χ3n) is 7.70. The molecule has 0 spiro atoms. The lowest BCUT2D eigenvalue weighted by molar-refractivity contribution is -0.0777. The number of rotatable bonds is 1. The number of hydrogen-bond donors (Lipinski definition) is 2. The van der Waals surface area contributed by atoms with Crippen molar-refractivity contribution >= 4 is 15.9 Å². The van der Waals surface area contributed by atoms with Crippen LogP contribution in [0.25, 0.3) is 0 Å². The van der Waals surface area contributed by atoms with E-state index in [1.54, 1.807) is 0 Å². The molecular weight excluding hydrogens is 316 g/mol. The van der Waals surface area contributed by atoms with E-state index in [-0.39, 0.29) is 16.7 Å². The van der Waals surface area contributed by atoms with E-state index in [4.69, 9.17) is 0 Å². The fourth-order valence-electron chi connectivity index (χ4n) is 7.73. The molecule has 7 rings (SSSR count). The van der Waals surface area contributed by atoms with Crippen LogP contribution in [0.15, 0.2) is 30.3 Å². The van der Waals surface area contributed by atoms with Crippen molar-refractivity contribution in [2.45, 2.75) is 22.5 Å². The molecular formula is C17H17BrO2. The van der Waals surface area contributed by atoms with Crippen LogP contribution < -0.4 is 0 Å². The van der Waals surface area contributed by atoms with Crippen molar-refractivity contribution in [2.75, 3.05) is 0 Å². The molecule has 10 atom stereocenters. The summed E-state index contributed by atoms with van der Waals surface area (Å²) in [6.45, 7) is 0. The van der Waals surface area contributed by atoms with Crippen molar-refractivity contribution in [1.29, 1.82) is 0 Å². The molecule has 2 nitrogen and oxygen atoms in total. The van der Waals surface area contributed by atoms with Gasteiger partial charge < -0.3 is 10.2 Å². The lowest BCUT2D eigenvalue weighted by atomic mass is 9.69. The molecule has 6 aliphatic carbocycles. The maximum absolute atomic E-state index is 11.6. The molecule has 1 aromatic carbocycles. The Balaban J connectivity index is 1.65. The van der Waals surface area contributed by atoms with Crippen LogP contribution in [0.1, 0.15) is 12.0 Å². The molecule has 1 aromatic rings. The van der Waals surface area contributed by atoms with Crippen LogP contribution in [0, 0.1) is 41.4 Å². The predicted molar refractivity (Wildman–Crippen MR) is 77.1 cm³/mol. The molecule has 0 aromatic heterocycles. The summed E-state index contributed by atoms with van der Waals surface area (Å²) in [5.41, 5.74) is -0.420. The smallest absolute Gasteiger partial charge is 0.0989 e. The minimum Gasteiger partial charge on any atom is -0.388 e. The van der Waals surface area contributed by atoms with E-state index in [0.717, 1.165) is 5.56 Å². The molecule has 0 heterocycles. The average Bonchev–Trinajstić information content (AvgIpc) is 3.16. The quantitative estimate of drug-likeness (QED) is 0.773. The van der Waals surface area contributed by atoms with Gasteiger partial charge in [-0.3, -0.25) is 0 Å². The van der Waals surface area contributed by atoms with Crippen LogP contribution in [0.3, 0.4) is 0 Å². The summed E-state index contributed by atoms with van der Waals surface area (Å²) < 4.78 is 0. The highest BCUT2D eigenvalue weighted by Gasteiger charge is 2.92. The van der Waals surface area contributed by atoms with E-state index in [1.165, 1.54) is 6.42 Å². The predicted octanol–water partition coefficient (Wildman–Crippen LogP) is 2.14. The summed E-state index contributed by atoms with van der Waals surface area (Å²) in [4.78, 5) is 0.202. The van der Waals surface area contributed by atoms with Crippen LogP contribution in [0.4, 0.5) is 0 Å². The van der Waals surface area contributed by atoms with Gasteiger partial charge in [0, 0.05) is 16.7 Å². The summed E-state index contributed by atoms with van der Waals surface area (Å²) in [6, 6.07) is 10.1. The highest BCUT2D eigenvalue weighted by atomic mass is 79.9. The maximum Gasteiger partial charge on any atom is 0.0989 e. The first-order valence-corrected chi connectivity index (χ1v) is 8.67. The SMILES string of the molecule is O[C@]1(c2ccccc2)[C@@H]2[C@@H]3C[C@H]4[C@@H]5[C@H]3[C@H]1[C@@](O)([C@@H]42)[C@H]5Br. The number of halogens is 1. The summed E-state index contributed by atoms with van der Waals surface area (Å²) in [5.74, 6) is 3.09. The van der Waals surface area contributed by atoms with Gasteiger partial charge in [0.1, 0.15) is 0 Å². The fourth-order valence-corrected chi connectivity index (χ4v) is 9.06. The Hall–Kier alpha value is -0.380. The molecule has 6 aliphatic rings. The Kier molecular flexibility index (Phi) is 1.63. The Bertz CT molecular complexity index is 631. The van der Waals surface area contributed by atoms with E-state index >= 15 is 0 Å². The lowest BCUT2D eigenvalue weighted by Gasteiger charge is -2.38. The average molecular weight is 333 g/mol. The zero-order chi connectivity index (χ0) is 13.4. The van der Waals surface area contributed by atoms with Crippen molar-refractivity contribution in [3.05, 3.63) is 35.9 Å². The summed E-state index contributed by atoms with van der Waals surface area (Å²) in [7, 11) is 0. The first kappa shape index (κ1) is 11.2. The van der Waals surface area contributed by atoms with Crippen molar-refractivity contribution in [3.63, 3.8) is 0 Å². The third kappa shape index (κ3) is 0.768. The summed E-state index contributed by atoms with van der Waals surface area (Å²) in [5, 5.41) is 23.0. The Morgan fingerprint density at radius 1 is 1.00 bits per heavy atom. The van der Waals surface area contributed by atoms with Gasteiger partial charge in [-0.2, -0.15) is 0 Å². The molecule has 104 valence electrons. The zero-order valence-corrected chi connectivity index (χ0v) is 12.6. The first-order chi connectivity index (χ1) is 9.61. The first-order valence-electron chi connectivity index (χ1n) is 7.75. The molecule has 6 fully saturated rings. The third-order valence-corrected chi connectivity index (χ3v) is 9.05. The molecule has 0 unspecified atom stereocenters. The highest BCUT2D eigenvalue weighted by molar-refractivity contribution is 9.09. The number of benzene rings is 1. The van der Waals surface area contributed by atoms with Gasteiger partial charge in [-0.15, -0.1) is 0 Å². The number of hydrogen-bond acceptors (Lipinski definition) is 2. The zero-order valence-electron chi connectivity index (χ0n) is 11.0. The normalized spacial score (nSPS) is 67.0. The Morgan fingerprint density at radius 2 is 1.70 bits per heavy atom. The standard InChI is InChI=1S/C17H17BrO2/c18-15-11-9-6-8-10(11)14-16(19,7-4-2-1-3-5-7)12(8)13(9)17(14,15)20/h1-5,8-15,19-20H,6H2/t8-,9+,10+,11-,12-,13+,14-,15+,16-,17+/m1/s1. The molecule has 20 heavy (non-hydrogen) atoms. The van der Waals surface area contributed by atoms with E-state index in [0.29, 0.717) is 29.6 Å². The second-order valence-corrected chi connectivity index (χ2v) is 8.71. The van der Waals surface area contributed by atoms with Crippen molar-refractivity contribution in [1.82, 2.24) is 0 Å². The van der Waals surface area contributed by atoms with Gasteiger partial charge in [0.25, 0.3) is 0 Å². The monoisotopic (exact) mass is 332 g/mol. The van der Waals surface area contributed by atoms with Gasteiger partial charge >= 0.3 is 0 Å². The van der Waals surface area contributed by atoms with Gasteiger partial charge in [0.2, 0.25) is 0 Å². The maximum atomic E-state index is 11.6. The number of aliphatic hydroxyl groups is 2. The van der Waals surface area contributed by atoms with E-state index in [9.17, 15) is 10.2 Å². The Morgan fingerprint density at radius 3 is 2.40 bits per heavy atom. The van der Waals surface area contributed by atoms with Crippen molar-refractivity contribution in [2.24, 2.45) is 41.4 Å². The van der Waals surface area contributed by atoms with Gasteiger partial charge in [-0.25, -0.2) is 0 Å². The molecule has 0 aliphatic heterocycles. The minimum atomic E-state index is -0.790. The summed E-state index contributed by atoms with van der Waals surface area (Å²) >= 11 is 3.81. The summed E-state index contributed by atoms with van der Waals surface area (Å²) in [6.07, 6.45) is 1.24. The molecule has 3 heteroatoms. The highest BCUT2D eigenvalue weighted by Crippen LogP contribution is 2.88. The van der Waals surface area contributed by atoms with Crippen LogP contribution in [0.5, 0.6) is 0 Å². The molecule has 0 saturated heterocycles. The molecule has 6 saturated carbocycles. The molecule has 0 amide bonds. The van der Waals surface area contributed by atoms with E-state index in [2.05, 4.69) is 28.1 Å². The largest absolute Gasteiger partial charge is 0.388 e. The van der Waals surface area contributed by atoms with Crippen LogP contribution in [-0.2, 0) is 5.60 Å². The van der Waals surface area contributed by atoms with Crippen molar-refractivity contribution in [3.8, 4) is 0 Å². The molecule has 0 radical (unpaired) electrons. The molecule has 2 N–H and O–H groups in total. The van der Waals surface area contributed by atoms with Gasteiger partial charge in [-0.1, -0.05) is 46.3 Å². The lowest BCUT2D eigenvalue weighted by Crippen LogP contribution is -2.47. The fraction of sp³-hybridized carbons (Fsp3) is 0.647. The van der Waals surface area contributed by atoms with Gasteiger partial charge in [-0.05, 0) is 41.6 Å².